The molecule has 2 aromatic heterocycles. The number of aryl methyl sites for hydroxylation is 2. The van der Waals surface area contributed by atoms with Crippen molar-refractivity contribution < 1.29 is 18.3 Å². The Labute approximate surface area is 156 Å². The molecule has 0 radical (unpaired) electrons. The maximum Gasteiger partial charge on any atom is 0.387 e. The van der Waals surface area contributed by atoms with Gasteiger partial charge in [-0.1, -0.05) is 11.8 Å². The number of amides is 1. The Morgan fingerprint density at radius 2 is 2.00 bits per heavy atom. The number of anilines is 1. The predicted octanol–water partition coefficient (Wildman–Crippen LogP) is 4.64. The molecule has 0 aliphatic heterocycles. The average Bonchev–Trinajstić information content (AvgIpc) is 2.89. The van der Waals surface area contributed by atoms with Gasteiger partial charge in [0, 0.05) is 16.0 Å². The lowest BCUT2D eigenvalue weighted by molar-refractivity contribution is -0.113. The quantitative estimate of drug-likeness (QED) is 0.487. The number of fused-ring (bicyclic) bond motifs is 1. The van der Waals surface area contributed by atoms with E-state index >= 15 is 0 Å². The van der Waals surface area contributed by atoms with Crippen LogP contribution in [0.4, 0.5) is 14.5 Å². The molecular weight excluding hydrogens is 380 g/mol. The molecule has 2 heterocycles. The number of hydrogen-bond acceptors (Lipinski definition) is 6. The second kappa shape index (κ2) is 7.96. The van der Waals surface area contributed by atoms with E-state index in [1.54, 1.807) is 11.3 Å². The Balaban J connectivity index is 1.63. The Bertz CT molecular complexity index is 930. The number of alkyl halides is 2. The van der Waals surface area contributed by atoms with Crippen molar-refractivity contribution >= 4 is 44.9 Å². The first-order valence-corrected chi connectivity index (χ1v) is 9.42. The zero-order chi connectivity index (χ0) is 18.7. The zero-order valence-electron chi connectivity index (χ0n) is 14.0. The first kappa shape index (κ1) is 18.5. The number of ether oxygens (including phenoxy) is 1. The first-order valence-electron chi connectivity index (χ1n) is 7.62. The summed E-state index contributed by atoms with van der Waals surface area (Å²) in [7, 11) is 0. The highest BCUT2D eigenvalue weighted by Gasteiger charge is 2.14. The topological polar surface area (TPSA) is 64.1 Å². The molecule has 5 nitrogen and oxygen atoms in total. The molecule has 0 aliphatic carbocycles. The summed E-state index contributed by atoms with van der Waals surface area (Å²) in [5.41, 5.74) is 1.63. The molecular formula is C17H15F2N3O2S2. The van der Waals surface area contributed by atoms with Crippen LogP contribution in [0, 0.1) is 13.8 Å². The van der Waals surface area contributed by atoms with Crippen LogP contribution in [-0.4, -0.2) is 28.2 Å². The third kappa shape index (κ3) is 4.28. The van der Waals surface area contributed by atoms with Crippen LogP contribution in [0.2, 0.25) is 0 Å². The van der Waals surface area contributed by atoms with Crippen LogP contribution in [0.1, 0.15) is 10.4 Å². The summed E-state index contributed by atoms with van der Waals surface area (Å²) in [4.78, 5) is 22.8. The minimum Gasteiger partial charge on any atom is -0.435 e. The van der Waals surface area contributed by atoms with Gasteiger partial charge < -0.3 is 10.1 Å². The lowest BCUT2D eigenvalue weighted by atomic mass is 10.2. The first-order chi connectivity index (χ1) is 12.4. The number of nitrogens with zero attached hydrogens (tertiary/aromatic N) is 2. The van der Waals surface area contributed by atoms with E-state index in [0.29, 0.717) is 5.69 Å². The van der Waals surface area contributed by atoms with Crippen molar-refractivity contribution in [1.82, 2.24) is 9.97 Å². The number of carbonyl (C=O) groups is 1. The normalized spacial score (nSPS) is 11.1. The third-order valence-electron chi connectivity index (χ3n) is 3.63. The maximum absolute atomic E-state index is 12.2. The second-order valence-electron chi connectivity index (χ2n) is 5.38. The molecule has 136 valence electrons. The number of aromatic nitrogens is 2. The number of hydrogen-bond donors (Lipinski definition) is 1. The van der Waals surface area contributed by atoms with E-state index in [-0.39, 0.29) is 17.4 Å². The van der Waals surface area contributed by atoms with Crippen molar-refractivity contribution in [2.45, 2.75) is 25.5 Å². The number of nitrogens with one attached hydrogen (secondary N) is 1. The highest BCUT2D eigenvalue weighted by atomic mass is 32.2. The van der Waals surface area contributed by atoms with Gasteiger partial charge >= 0.3 is 6.61 Å². The molecule has 0 saturated heterocycles. The van der Waals surface area contributed by atoms with Crippen LogP contribution >= 0.6 is 23.1 Å². The van der Waals surface area contributed by atoms with Crippen LogP contribution in [0.5, 0.6) is 5.75 Å². The summed E-state index contributed by atoms with van der Waals surface area (Å²) in [6, 6.07) is 5.77. The van der Waals surface area contributed by atoms with Crippen LogP contribution < -0.4 is 10.1 Å². The van der Waals surface area contributed by atoms with Crippen molar-refractivity contribution in [3.8, 4) is 5.75 Å². The zero-order valence-corrected chi connectivity index (χ0v) is 15.6. The lowest BCUT2D eigenvalue weighted by Crippen LogP contribution is -2.14. The van der Waals surface area contributed by atoms with E-state index < -0.39 is 6.61 Å². The molecule has 3 aromatic rings. The molecule has 1 aromatic carbocycles. The fourth-order valence-corrected chi connectivity index (χ4v) is 4.23. The van der Waals surface area contributed by atoms with Gasteiger partial charge in [-0.3, -0.25) is 4.79 Å². The smallest absolute Gasteiger partial charge is 0.387 e. The highest BCUT2D eigenvalue weighted by Crippen LogP contribution is 2.34. The molecule has 9 heteroatoms. The minimum absolute atomic E-state index is 0.0408. The van der Waals surface area contributed by atoms with E-state index in [2.05, 4.69) is 20.0 Å². The number of carbonyl (C=O) groups excluding carboxylic acids is 1. The lowest BCUT2D eigenvalue weighted by Gasteiger charge is -2.08. The van der Waals surface area contributed by atoms with Gasteiger partial charge in [0.05, 0.1) is 5.75 Å². The van der Waals surface area contributed by atoms with Gasteiger partial charge in [-0.15, -0.1) is 11.3 Å². The van der Waals surface area contributed by atoms with Crippen molar-refractivity contribution in [2.75, 3.05) is 11.1 Å². The van der Waals surface area contributed by atoms with E-state index in [0.717, 1.165) is 20.8 Å². The Morgan fingerprint density at radius 3 is 2.69 bits per heavy atom. The molecule has 1 N–H and O–H groups in total. The van der Waals surface area contributed by atoms with Gasteiger partial charge in [0.15, 0.2) is 0 Å². The summed E-state index contributed by atoms with van der Waals surface area (Å²) < 4.78 is 28.5. The van der Waals surface area contributed by atoms with Crippen molar-refractivity contribution in [3.05, 3.63) is 41.0 Å². The van der Waals surface area contributed by atoms with Gasteiger partial charge in [-0.25, -0.2) is 9.97 Å². The fourth-order valence-electron chi connectivity index (χ4n) is 2.31. The molecule has 0 spiro atoms. The number of rotatable bonds is 6. The summed E-state index contributed by atoms with van der Waals surface area (Å²) >= 11 is 2.94. The predicted molar refractivity (Wildman–Crippen MR) is 99.3 cm³/mol. The molecule has 3 rings (SSSR count). The van der Waals surface area contributed by atoms with E-state index in [1.807, 2.05) is 13.8 Å². The van der Waals surface area contributed by atoms with E-state index in [4.69, 9.17) is 0 Å². The SMILES string of the molecule is Cc1sc2ncnc(SCC(=O)Nc3ccc(OC(F)F)cc3)c2c1C. The van der Waals surface area contributed by atoms with E-state index in [1.165, 1.54) is 47.2 Å². The Hall–Kier alpha value is -2.26. The molecule has 26 heavy (non-hydrogen) atoms. The molecule has 0 bridgehead atoms. The van der Waals surface area contributed by atoms with Gasteiger partial charge in [-0.05, 0) is 43.7 Å². The fraction of sp³-hybridized carbons (Fsp3) is 0.235. The van der Waals surface area contributed by atoms with Crippen molar-refractivity contribution in [3.63, 3.8) is 0 Å². The van der Waals surface area contributed by atoms with Crippen molar-refractivity contribution in [2.24, 2.45) is 0 Å². The highest BCUT2D eigenvalue weighted by molar-refractivity contribution is 8.00. The number of halogens is 2. The standard InChI is InChI=1S/C17H15F2N3O2S2/c1-9-10(2)26-16-14(9)15(20-8-21-16)25-7-13(23)22-11-3-5-12(6-4-11)24-17(18)19/h3-6,8,17H,7H2,1-2H3,(H,22,23). The van der Waals surface area contributed by atoms with E-state index in [9.17, 15) is 13.6 Å². The minimum atomic E-state index is -2.87. The van der Waals surface area contributed by atoms with Crippen LogP contribution in [0.25, 0.3) is 10.2 Å². The monoisotopic (exact) mass is 395 g/mol. The van der Waals surface area contributed by atoms with Crippen LogP contribution in [0.3, 0.4) is 0 Å². The molecule has 0 saturated carbocycles. The summed E-state index contributed by atoms with van der Waals surface area (Å²) in [6.07, 6.45) is 1.50. The largest absolute Gasteiger partial charge is 0.435 e. The van der Waals surface area contributed by atoms with Gasteiger partial charge in [0.2, 0.25) is 5.91 Å². The molecule has 0 atom stereocenters. The summed E-state index contributed by atoms with van der Waals surface area (Å²) in [5.74, 6) is 0.00313. The van der Waals surface area contributed by atoms with Gasteiger partial charge in [0.1, 0.15) is 21.9 Å². The summed E-state index contributed by atoms with van der Waals surface area (Å²) in [6.45, 7) is 1.18. The Morgan fingerprint density at radius 1 is 1.27 bits per heavy atom. The van der Waals surface area contributed by atoms with Gasteiger partial charge in [0.25, 0.3) is 0 Å². The van der Waals surface area contributed by atoms with Gasteiger partial charge in [-0.2, -0.15) is 8.78 Å². The number of thioether (sulfide) groups is 1. The third-order valence-corrected chi connectivity index (χ3v) is 5.74. The van der Waals surface area contributed by atoms with Crippen LogP contribution in [0.15, 0.2) is 35.6 Å². The second-order valence-corrected chi connectivity index (χ2v) is 7.55. The van der Waals surface area contributed by atoms with Crippen LogP contribution in [-0.2, 0) is 4.79 Å². The maximum atomic E-state index is 12.2. The average molecular weight is 395 g/mol. The summed E-state index contributed by atoms with van der Waals surface area (Å²) in [5, 5.41) is 4.48. The molecule has 0 unspecified atom stereocenters. The molecule has 0 fully saturated rings. The number of benzene rings is 1. The molecule has 1 amide bonds. The van der Waals surface area contributed by atoms with Crippen molar-refractivity contribution in [1.29, 1.82) is 0 Å². The Kier molecular flexibility index (Phi) is 5.67. The number of thiophene rings is 1. The molecule has 0 aliphatic rings.